The van der Waals surface area contributed by atoms with E-state index >= 15 is 0 Å². The van der Waals surface area contributed by atoms with Crippen molar-refractivity contribution in [1.82, 2.24) is 0 Å². The minimum atomic E-state index is 0. The number of halogens is 2. The van der Waals surface area contributed by atoms with Crippen molar-refractivity contribution < 1.29 is 0 Å². The van der Waals surface area contributed by atoms with E-state index in [0.29, 0.717) is 0 Å². The highest BCUT2D eigenvalue weighted by molar-refractivity contribution is 8.93. The summed E-state index contributed by atoms with van der Waals surface area (Å²) in [6, 6.07) is 0. The Labute approximate surface area is 87.3 Å². The summed E-state index contributed by atoms with van der Waals surface area (Å²) in [5.74, 6) is 1.67. The molecule has 10 heavy (non-hydrogen) atoms. The van der Waals surface area contributed by atoms with Gasteiger partial charge in [0.15, 0.2) is 0 Å². The lowest BCUT2D eigenvalue weighted by Crippen LogP contribution is -1.66. The first-order valence-electron chi connectivity index (χ1n) is 3.46. The highest BCUT2D eigenvalue weighted by atomic mass is 79.9. The maximum absolute atomic E-state index is 2.17. The van der Waals surface area contributed by atoms with Gasteiger partial charge in [-0.25, -0.2) is 0 Å². The van der Waals surface area contributed by atoms with Crippen molar-refractivity contribution in [1.29, 1.82) is 0 Å². The third kappa shape index (κ3) is 616. The molecule has 0 radical (unpaired) electrons. The van der Waals surface area contributed by atoms with E-state index in [1.807, 2.05) is 0 Å². The topological polar surface area (TPSA) is 0 Å². The van der Waals surface area contributed by atoms with Crippen LogP contribution in [0.4, 0.5) is 0 Å². The predicted octanol–water partition coefficient (Wildman–Crippen LogP) is 4.48. The highest BCUT2D eigenvalue weighted by Crippen LogP contribution is 1.81. The standard InChI is InChI=1S/2C4H10.2BrH/c2*1-4(2)3;;/h2*4H,1-3H3;2*1H. The highest BCUT2D eigenvalue weighted by Gasteiger charge is 1.68. The third-order valence-corrected chi connectivity index (χ3v) is 0. The Kier molecular flexibility index (Phi) is 37.0. The van der Waals surface area contributed by atoms with Crippen LogP contribution < -0.4 is 0 Å². The van der Waals surface area contributed by atoms with Gasteiger partial charge in [-0.15, -0.1) is 34.0 Å². The van der Waals surface area contributed by atoms with Crippen LogP contribution in [-0.2, 0) is 0 Å². The molecule has 0 aliphatic carbocycles. The van der Waals surface area contributed by atoms with E-state index in [9.17, 15) is 0 Å². The van der Waals surface area contributed by atoms with Crippen molar-refractivity contribution >= 4 is 34.0 Å². The Bertz CT molecular complexity index is 22.7. The number of rotatable bonds is 0. The van der Waals surface area contributed by atoms with Crippen LogP contribution in [-0.4, -0.2) is 0 Å². The lowest BCUT2D eigenvalue weighted by Gasteiger charge is -1.79. The van der Waals surface area contributed by atoms with Gasteiger partial charge in [-0.05, 0) is 11.8 Å². The van der Waals surface area contributed by atoms with Gasteiger partial charge in [-0.1, -0.05) is 41.5 Å². The van der Waals surface area contributed by atoms with E-state index < -0.39 is 0 Å². The Balaban J connectivity index is -0.0000000300. The van der Waals surface area contributed by atoms with Crippen molar-refractivity contribution in [3.05, 3.63) is 0 Å². The fourth-order valence-electron chi connectivity index (χ4n) is 0. The Morgan fingerprint density at radius 2 is 0.500 bits per heavy atom. The van der Waals surface area contributed by atoms with Crippen LogP contribution in [0.15, 0.2) is 0 Å². The fourth-order valence-corrected chi connectivity index (χ4v) is 0. The Hall–Kier alpha value is 0.960. The van der Waals surface area contributed by atoms with Crippen LogP contribution in [0.2, 0.25) is 0 Å². The maximum atomic E-state index is 2.17. The van der Waals surface area contributed by atoms with Crippen LogP contribution in [0.1, 0.15) is 41.5 Å². The molecular weight excluding hydrogens is 256 g/mol. The molecule has 0 bridgehead atoms. The quantitative estimate of drug-likeness (QED) is 0.612. The predicted molar refractivity (Wildman–Crippen MR) is 61.7 cm³/mol. The maximum Gasteiger partial charge on any atom is -0.0500 e. The largest absolute Gasteiger partial charge is 0.114 e. The zero-order valence-corrected chi connectivity index (χ0v) is 11.4. The molecule has 0 atom stereocenters. The molecule has 0 rings (SSSR count). The van der Waals surface area contributed by atoms with E-state index in [4.69, 9.17) is 0 Å². The zero-order chi connectivity index (χ0) is 7.15. The molecular formula is C8H22Br2. The number of hydrogen-bond acceptors (Lipinski definition) is 0. The van der Waals surface area contributed by atoms with Gasteiger partial charge in [0.25, 0.3) is 0 Å². The molecule has 0 aliphatic heterocycles. The fraction of sp³-hybridized carbons (Fsp3) is 1.00. The summed E-state index contributed by atoms with van der Waals surface area (Å²) in [4.78, 5) is 0. The molecule has 0 N–H and O–H groups in total. The van der Waals surface area contributed by atoms with Gasteiger partial charge >= 0.3 is 0 Å². The first-order valence-corrected chi connectivity index (χ1v) is 3.46. The van der Waals surface area contributed by atoms with Gasteiger partial charge in [0.1, 0.15) is 0 Å². The summed E-state index contributed by atoms with van der Waals surface area (Å²) in [6.07, 6.45) is 0. The molecule has 0 spiro atoms. The normalized spacial score (nSPS) is 7.20. The summed E-state index contributed by atoms with van der Waals surface area (Å²) in [7, 11) is 0. The molecule has 0 fully saturated rings. The molecule has 0 amide bonds. The van der Waals surface area contributed by atoms with Gasteiger partial charge in [-0.3, -0.25) is 0 Å². The zero-order valence-electron chi connectivity index (χ0n) is 7.97. The molecule has 68 valence electrons. The average Bonchev–Trinajstić information content (AvgIpc) is 1.25. The van der Waals surface area contributed by atoms with Gasteiger partial charge < -0.3 is 0 Å². The van der Waals surface area contributed by atoms with Gasteiger partial charge in [0.2, 0.25) is 0 Å². The van der Waals surface area contributed by atoms with Crippen molar-refractivity contribution in [3.8, 4) is 0 Å². The summed E-state index contributed by atoms with van der Waals surface area (Å²) >= 11 is 0. The van der Waals surface area contributed by atoms with Gasteiger partial charge in [0, 0.05) is 0 Å². The molecule has 0 aromatic rings. The molecule has 0 unspecified atom stereocenters. The molecule has 0 saturated carbocycles. The molecule has 2 heteroatoms. The first kappa shape index (κ1) is 22.4. The number of hydrogen-bond donors (Lipinski definition) is 0. The monoisotopic (exact) mass is 276 g/mol. The minimum absolute atomic E-state index is 0. The second-order valence-electron chi connectivity index (χ2n) is 3.46. The lowest BCUT2D eigenvalue weighted by atomic mass is 10.3. The van der Waals surface area contributed by atoms with Crippen LogP contribution in [0.25, 0.3) is 0 Å². The summed E-state index contributed by atoms with van der Waals surface area (Å²) in [5.41, 5.74) is 0. The third-order valence-electron chi connectivity index (χ3n) is 0. The first-order chi connectivity index (χ1) is 3.46. The smallest absolute Gasteiger partial charge is 0.0500 e. The second kappa shape index (κ2) is 16.5. The van der Waals surface area contributed by atoms with Crippen molar-refractivity contribution in [2.45, 2.75) is 41.5 Å². The molecule has 0 heterocycles. The molecule has 0 aromatic heterocycles. The molecule has 0 aliphatic rings. The lowest BCUT2D eigenvalue weighted by molar-refractivity contribution is 0.736. The summed E-state index contributed by atoms with van der Waals surface area (Å²) in [5, 5.41) is 0. The van der Waals surface area contributed by atoms with E-state index in [1.54, 1.807) is 0 Å². The Morgan fingerprint density at radius 3 is 0.500 bits per heavy atom. The molecule has 0 nitrogen and oxygen atoms in total. The van der Waals surface area contributed by atoms with E-state index in [0.717, 1.165) is 11.8 Å². The van der Waals surface area contributed by atoms with Crippen LogP contribution >= 0.6 is 34.0 Å². The summed E-state index contributed by atoms with van der Waals surface area (Å²) in [6.45, 7) is 13.0. The van der Waals surface area contributed by atoms with Gasteiger partial charge in [0.05, 0.1) is 0 Å². The van der Waals surface area contributed by atoms with Crippen molar-refractivity contribution in [3.63, 3.8) is 0 Å². The van der Waals surface area contributed by atoms with Crippen LogP contribution in [0, 0.1) is 11.8 Å². The molecule has 0 aromatic carbocycles. The van der Waals surface area contributed by atoms with Crippen molar-refractivity contribution in [2.24, 2.45) is 11.8 Å². The van der Waals surface area contributed by atoms with Crippen molar-refractivity contribution in [2.75, 3.05) is 0 Å². The minimum Gasteiger partial charge on any atom is -0.114 e. The van der Waals surface area contributed by atoms with Crippen LogP contribution in [0.5, 0.6) is 0 Å². The second-order valence-corrected chi connectivity index (χ2v) is 3.46. The van der Waals surface area contributed by atoms with Gasteiger partial charge in [-0.2, -0.15) is 0 Å². The van der Waals surface area contributed by atoms with E-state index in [1.165, 1.54) is 0 Å². The Morgan fingerprint density at radius 1 is 0.500 bits per heavy atom. The van der Waals surface area contributed by atoms with E-state index in [-0.39, 0.29) is 34.0 Å². The SMILES string of the molecule is Br.Br.CC(C)C.CC(C)C. The summed E-state index contributed by atoms with van der Waals surface area (Å²) < 4.78 is 0. The molecule has 0 saturated heterocycles. The van der Waals surface area contributed by atoms with Crippen LogP contribution in [0.3, 0.4) is 0 Å². The average molecular weight is 278 g/mol. The van der Waals surface area contributed by atoms with E-state index in [2.05, 4.69) is 41.5 Å².